The van der Waals surface area contributed by atoms with Gasteiger partial charge >= 0.3 is 5.69 Å². The SMILES string of the molecule is CCC(O)COc1ccc(CNCCOC)cc1[N+](=O)[O-]. The van der Waals surface area contributed by atoms with E-state index in [1.54, 1.807) is 19.2 Å². The van der Waals surface area contributed by atoms with Crippen molar-refractivity contribution in [3.05, 3.63) is 33.9 Å². The first-order valence-electron chi connectivity index (χ1n) is 6.86. The summed E-state index contributed by atoms with van der Waals surface area (Å²) in [4.78, 5) is 10.6. The van der Waals surface area contributed by atoms with Gasteiger partial charge in [0.1, 0.15) is 6.61 Å². The first-order chi connectivity index (χ1) is 10.1. The highest BCUT2D eigenvalue weighted by Gasteiger charge is 2.16. The molecule has 0 aliphatic carbocycles. The maximum absolute atomic E-state index is 11.1. The van der Waals surface area contributed by atoms with Gasteiger partial charge in [-0.1, -0.05) is 13.0 Å². The average molecular weight is 298 g/mol. The van der Waals surface area contributed by atoms with E-state index < -0.39 is 11.0 Å². The van der Waals surface area contributed by atoms with Crippen molar-refractivity contribution in [2.75, 3.05) is 26.9 Å². The third-order valence-corrected chi connectivity index (χ3v) is 2.93. The minimum absolute atomic E-state index is 0.0444. The van der Waals surface area contributed by atoms with Crippen molar-refractivity contribution >= 4 is 5.69 Å². The van der Waals surface area contributed by atoms with Crippen LogP contribution in [0.4, 0.5) is 5.69 Å². The van der Waals surface area contributed by atoms with Crippen molar-refractivity contribution in [1.29, 1.82) is 0 Å². The van der Waals surface area contributed by atoms with E-state index in [1.807, 2.05) is 6.92 Å². The summed E-state index contributed by atoms with van der Waals surface area (Å²) < 4.78 is 10.2. The molecule has 0 aliphatic heterocycles. The Hall–Kier alpha value is -1.70. The molecule has 7 nitrogen and oxygen atoms in total. The second-order valence-electron chi connectivity index (χ2n) is 4.60. The molecule has 0 fully saturated rings. The molecule has 0 saturated heterocycles. The highest BCUT2D eigenvalue weighted by Crippen LogP contribution is 2.28. The lowest BCUT2D eigenvalue weighted by Crippen LogP contribution is -2.19. The molecule has 7 heteroatoms. The fourth-order valence-corrected chi connectivity index (χ4v) is 1.65. The zero-order valence-corrected chi connectivity index (χ0v) is 12.4. The van der Waals surface area contributed by atoms with Crippen LogP contribution in [0.1, 0.15) is 18.9 Å². The third kappa shape index (κ3) is 6.07. The Morgan fingerprint density at radius 1 is 1.48 bits per heavy atom. The van der Waals surface area contributed by atoms with Crippen molar-refractivity contribution in [2.24, 2.45) is 0 Å². The molecule has 0 aromatic heterocycles. The van der Waals surface area contributed by atoms with E-state index in [4.69, 9.17) is 9.47 Å². The Balaban J connectivity index is 2.70. The fraction of sp³-hybridized carbons (Fsp3) is 0.571. The summed E-state index contributed by atoms with van der Waals surface area (Å²) in [5, 5.41) is 23.7. The Morgan fingerprint density at radius 3 is 2.86 bits per heavy atom. The zero-order chi connectivity index (χ0) is 15.7. The third-order valence-electron chi connectivity index (χ3n) is 2.93. The number of benzene rings is 1. The smallest absolute Gasteiger partial charge is 0.311 e. The number of hydrogen-bond donors (Lipinski definition) is 2. The normalized spacial score (nSPS) is 12.1. The van der Waals surface area contributed by atoms with Gasteiger partial charge in [0.15, 0.2) is 5.75 Å². The van der Waals surface area contributed by atoms with Crippen LogP contribution in [-0.2, 0) is 11.3 Å². The lowest BCUT2D eigenvalue weighted by atomic mass is 10.2. The average Bonchev–Trinajstić information content (AvgIpc) is 2.49. The molecule has 1 aromatic carbocycles. The summed E-state index contributed by atoms with van der Waals surface area (Å²) in [6.07, 6.45) is -0.0880. The van der Waals surface area contributed by atoms with E-state index in [0.717, 1.165) is 5.56 Å². The van der Waals surface area contributed by atoms with Gasteiger partial charge in [-0.3, -0.25) is 10.1 Å². The van der Waals surface area contributed by atoms with Gasteiger partial charge in [-0.15, -0.1) is 0 Å². The van der Waals surface area contributed by atoms with Gasteiger partial charge < -0.3 is 19.9 Å². The highest BCUT2D eigenvalue weighted by atomic mass is 16.6. The number of nitro groups is 1. The van der Waals surface area contributed by atoms with E-state index in [-0.39, 0.29) is 18.0 Å². The van der Waals surface area contributed by atoms with E-state index in [1.165, 1.54) is 6.07 Å². The number of rotatable bonds is 10. The Kier molecular flexibility index (Phi) is 7.66. The summed E-state index contributed by atoms with van der Waals surface area (Å²) in [6.45, 7) is 3.63. The number of ether oxygens (including phenoxy) is 2. The summed E-state index contributed by atoms with van der Waals surface area (Å²) in [5.41, 5.74) is 0.700. The summed E-state index contributed by atoms with van der Waals surface area (Å²) >= 11 is 0. The van der Waals surface area contributed by atoms with Gasteiger partial charge in [0.2, 0.25) is 0 Å². The maximum Gasteiger partial charge on any atom is 0.311 e. The molecule has 1 atom stereocenters. The molecule has 118 valence electrons. The molecule has 0 heterocycles. The number of nitro benzene ring substituents is 1. The van der Waals surface area contributed by atoms with Crippen molar-refractivity contribution in [2.45, 2.75) is 26.0 Å². The van der Waals surface area contributed by atoms with Crippen LogP contribution in [0.15, 0.2) is 18.2 Å². The van der Waals surface area contributed by atoms with Crippen molar-refractivity contribution in [3.63, 3.8) is 0 Å². The van der Waals surface area contributed by atoms with Crippen LogP contribution in [-0.4, -0.2) is 43.0 Å². The van der Waals surface area contributed by atoms with E-state index in [0.29, 0.717) is 26.1 Å². The van der Waals surface area contributed by atoms with Crippen molar-refractivity contribution < 1.29 is 19.5 Å². The fourth-order valence-electron chi connectivity index (χ4n) is 1.65. The first kappa shape index (κ1) is 17.4. The highest BCUT2D eigenvalue weighted by molar-refractivity contribution is 5.48. The molecule has 0 amide bonds. The quantitative estimate of drug-likeness (QED) is 0.386. The van der Waals surface area contributed by atoms with Gasteiger partial charge in [0.05, 0.1) is 17.6 Å². The second-order valence-corrected chi connectivity index (χ2v) is 4.60. The molecular formula is C14H22N2O5. The monoisotopic (exact) mass is 298 g/mol. The molecule has 1 aromatic rings. The van der Waals surface area contributed by atoms with Crippen LogP contribution in [0.5, 0.6) is 5.75 Å². The number of methoxy groups -OCH3 is 1. The number of nitrogens with one attached hydrogen (secondary N) is 1. The molecule has 1 unspecified atom stereocenters. The Bertz CT molecular complexity index is 453. The van der Waals surface area contributed by atoms with Crippen LogP contribution in [0, 0.1) is 10.1 Å². The lowest BCUT2D eigenvalue weighted by Gasteiger charge is -2.11. The molecule has 1 rings (SSSR count). The van der Waals surface area contributed by atoms with Crippen molar-refractivity contribution in [3.8, 4) is 5.75 Å². The molecular weight excluding hydrogens is 276 g/mol. The van der Waals surface area contributed by atoms with Gasteiger partial charge in [-0.05, 0) is 18.1 Å². The first-order valence-corrected chi connectivity index (χ1v) is 6.86. The predicted molar refractivity (Wildman–Crippen MR) is 78.5 cm³/mol. The van der Waals surface area contributed by atoms with Gasteiger partial charge in [-0.25, -0.2) is 0 Å². The topological polar surface area (TPSA) is 93.9 Å². The maximum atomic E-state index is 11.1. The molecule has 0 aliphatic rings. The van der Waals surface area contributed by atoms with Crippen LogP contribution in [0.25, 0.3) is 0 Å². The molecule has 0 spiro atoms. The number of hydrogen-bond acceptors (Lipinski definition) is 6. The van der Waals surface area contributed by atoms with Crippen molar-refractivity contribution in [1.82, 2.24) is 5.32 Å². The van der Waals surface area contributed by atoms with Gasteiger partial charge in [0, 0.05) is 26.3 Å². The minimum Gasteiger partial charge on any atom is -0.484 e. The molecule has 0 saturated carbocycles. The van der Waals surface area contributed by atoms with Gasteiger partial charge in [-0.2, -0.15) is 0 Å². The zero-order valence-electron chi connectivity index (χ0n) is 12.4. The summed E-state index contributed by atoms with van der Waals surface area (Å²) in [6, 6.07) is 4.81. The molecule has 0 bridgehead atoms. The number of aliphatic hydroxyl groups excluding tert-OH is 1. The largest absolute Gasteiger partial charge is 0.484 e. The Labute approximate surface area is 124 Å². The predicted octanol–water partition coefficient (Wildman–Crippen LogP) is 1.48. The summed E-state index contributed by atoms with van der Waals surface area (Å²) in [5.74, 6) is 0.174. The number of aliphatic hydroxyl groups is 1. The van der Waals surface area contributed by atoms with Crippen LogP contribution < -0.4 is 10.1 Å². The second kappa shape index (κ2) is 9.28. The lowest BCUT2D eigenvalue weighted by molar-refractivity contribution is -0.386. The standard InChI is InChI=1S/C14H22N2O5/c1-3-12(17)10-21-14-5-4-11(8-13(14)16(18)19)9-15-6-7-20-2/h4-5,8,12,15,17H,3,6-7,9-10H2,1-2H3. The van der Waals surface area contributed by atoms with E-state index >= 15 is 0 Å². The molecule has 21 heavy (non-hydrogen) atoms. The molecule has 0 radical (unpaired) electrons. The summed E-state index contributed by atoms with van der Waals surface area (Å²) in [7, 11) is 1.61. The van der Waals surface area contributed by atoms with Crippen LogP contribution in [0.3, 0.4) is 0 Å². The minimum atomic E-state index is -0.625. The Morgan fingerprint density at radius 2 is 2.24 bits per heavy atom. The van der Waals surface area contributed by atoms with Crippen LogP contribution >= 0.6 is 0 Å². The van der Waals surface area contributed by atoms with Gasteiger partial charge in [0.25, 0.3) is 0 Å². The van der Waals surface area contributed by atoms with E-state index in [2.05, 4.69) is 5.32 Å². The molecule has 2 N–H and O–H groups in total. The number of nitrogens with zero attached hydrogens (tertiary/aromatic N) is 1. The van der Waals surface area contributed by atoms with Crippen LogP contribution in [0.2, 0.25) is 0 Å². The van der Waals surface area contributed by atoms with E-state index in [9.17, 15) is 15.2 Å².